The highest BCUT2D eigenvalue weighted by molar-refractivity contribution is 5.44. The number of halogens is 2. The maximum Gasteiger partial charge on any atom is 0.149 e. The van der Waals surface area contributed by atoms with Crippen LogP contribution in [-0.4, -0.2) is 15.0 Å². The molecule has 0 aliphatic heterocycles. The van der Waals surface area contributed by atoms with E-state index >= 15 is 0 Å². The Kier molecular flexibility index (Phi) is 3.50. The zero-order valence-electron chi connectivity index (χ0n) is 11.1. The van der Waals surface area contributed by atoms with Gasteiger partial charge in [-0.3, -0.25) is 0 Å². The zero-order chi connectivity index (χ0) is 14.0. The van der Waals surface area contributed by atoms with Crippen LogP contribution in [0.25, 0.3) is 0 Å². The highest BCUT2D eigenvalue weighted by atomic mass is 19.1. The van der Waals surface area contributed by atoms with Crippen molar-refractivity contribution < 1.29 is 8.78 Å². The molecule has 0 spiro atoms. The topological polar surface area (TPSA) is 42.7 Å². The second-order valence-electron chi connectivity index (χ2n) is 5.30. The van der Waals surface area contributed by atoms with Crippen molar-refractivity contribution in [3.05, 3.63) is 41.7 Å². The quantitative estimate of drug-likeness (QED) is 0.928. The minimum Gasteiger partial charge on any atom is -0.377 e. The highest BCUT2D eigenvalue weighted by Gasteiger charge is 2.15. The highest BCUT2D eigenvalue weighted by Crippen LogP contribution is 2.16. The number of hydrogen-bond acceptors (Lipinski definition) is 3. The molecule has 1 N–H and O–H groups in total. The van der Waals surface area contributed by atoms with Gasteiger partial charge in [-0.1, -0.05) is 5.21 Å². The SMILES string of the molecule is CC(C)(C)n1cc(CNc2ccc(F)cc2F)nn1. The third-order valence-corrected chi connectivity index (χ3v) is 2.62. The van der Waals surface area contributed by atoms with Gasteiger partial charge in [0, 0.05) is 6.07 Å². The lowest BCUT2D eigenvalue weighted by Gasteiger charge is -2.17. The van der Waals surface area contributed by atoms with Crippen LogP contribution in [0.5, 0.6) is 0 Å². The smallest absolute Gasteiger partial charge is 0.149 e. The van der Waals surface area contributed by atoms with Crippen LogP contribution in [-0.2, 0) is 12.1 Å². The van der Waals surface area contributed by atoms with E-state index in [0.717, 1.165) is 6.07 Å². The van der Waals surface area contributed by atoms with Crippen molar-refractivity contribution in [3.63, 3.8) is 0 Å². The average Bonchev–Trinajstić information content (AvgIpc) is 2.76. The van der Waals surface area contributed by atoms with E-state index in [4.69, 9.17) is 0 Å². The lowest BCUT2D eigenvalue weighted by Crippen LogP contribution is -2.22. The average molecular weight is 266 g/mol. The Morgan fingerprint density at radius 2 is 2.00 bits per heavy atom. The van der Waals surface area contributed by atoms with Gasteiger partial charge < -0.3 is 5.32 Å². The van der Waals surface area contributed by atoms with E-state index in [1.54, 1.807) is 10.9 Å². The van der Waals surface area contributed by atoms with Gasteiger partial charge in [0.2, 0.25) is 0 Å². The molecule has 0 fully saturated rings. The fraction of sp³-hybridized carbons (Fsp3) is 0.385. The maximum absolute atomic E-state index is 13.4. The summed E-state index contributed by atoms with van der Waals surface area (Å²) in [6.07, 6.45) is 1.80. The molecule has 0 aliphatic rings. The molecule has 0 atom stereocenters. The van der Waals surface area contributed by atoms with E-state index < -0.39 is 11.6 Å². The number of nitrogens with zero attached hydrogens (tertiary/aromatic N) is 3. The minimum absolute atomic E-state index is 0.146. The van der Waals surface area contributed by atoms with Gasteiger partial charge in [-0.05, 0) is 32.9 Å². The van der Waals surface area contributed by atoms with Crippen LogP contribution < -0.4 is 5.32 Å². The van der Waals surface area contributed by atoms with Crippen molar-refractivity contribution in [3.8, 4) is 0 Å². The molecule has 0 saturated carbocycles. The molecule has 6 heteroatoms. The van der Waals surface area contributed by atoms with Crippen LogP contribution in [0.4, 0.5) is 14.5 Å². The fourth-order valence-electron chi connectivity index (χ4n) is 1.53. The number of anilines is 1. The van der Waals surface area contributed by atoms with Crippen molar-refractivity contribution in [2.24, 2.45) is 0 Å². The third kappa shape index (κ3) is 3.27. The molecule has 19 heavy (non-hydrogen) atoms. The molecule has 0 radical (unpaired) electrons. The molecular weight excluding hydrogens is 250 g/mol. The molecule has 2 rings (SSSR count). The van der Waals surface area contributed by atoms with Gasteiger partial charge >= 0.3 is 0 Å². The standard InChI is InChI=1S/C13H16F2N4/c1-13(2,3)19-8-10(17-18-19)7-16-12-5-4-9(14)6-11(12)15/h4-6,8,16H,7H2,1-3H3. The summed E-state index contributed by atoms with van der Waals surface area (Å²) in [6, 6.07) is 3.41. The Labute approximate surface area is 110 Å². The second kappa shape index (κ2) is 4.95. The Morgan fingerprint density at radius 3 is 2.58 bits per heavy atom. The molecule has 0 saturated heterocycles. The minimum atomic E-state index is -0.622. The lowest BCUT2D eigenvalue weighted by molar-refractivity contribution is 0.347. The summed E-state index contributed by atoms with van der Waals surface area (Å²) < 4.78 is 27.9. The van der Waals surface area contributed by atoms with Crippen LogP contribution in [0.15, 0.2) is 24.4 Å². The van der Waals surface area contributed by atoms with E-state index in [9.17, 15) is 8.78 Å². The molecule has 0 unspecified atom stereocenters. The van der Waals surface area contributed by atoms with Crippen molar-refractivity contribution >= 4 is 5.69 Å². The molecule has 1 heterocycles. The van der Waals surface area contributed by atoms with Crippen molar-refractivity contribution in [1.82, 2.24) is 15.0 Å². The second-order valence-corrected chi connectivity index (χ2v) is 5.30. The zero-order valence-corrected chi connectivity index (χ0v) is 11.1. The van der Waals surface area contributed by atoms with Gasteiger partial charge in [0.25, 0.3) is 0 Å². The number of aromatic nitrogens is 3. The van der Waals surface area contributed by atoms with E-state index in [-0.39, 0.29) is 11.2 Å². The largest absolute Gasteiger partial charge is 0.377 e. The van der Waals surface area contributed by atoms with Gasteiger partial charge in [-0.25, -0.2) is 13.5 Å². The normalized spacial score (nSPS) is 11.6. The molecule has 0 bridgehead atoms. The summed E-state index contributed by atoms with van der Waals surface area (Å²) in [4.78, 5) is 0. The summed E-state index contributed by atoms with van der Waals surface area (Å²) in [6.45, 7) is 6.37. The first-order chi connectivity index (χ1) is 8.86. The molecule has 0 aliphatic carbocycles. The van der Waals surface area contributed by atoms with Gasteiger partial charge in [0.05, 0.1) is 24.0 Å². The lowest BCUT2D eigenvalue weighted by atomic mass is 10.1. The van der Waals surface area contributed by atoms with Crippen LogP contribution in [0.2, 0.25) is 0 Å². The van der Waals surface area contributed by atoms with Crippen molar-refractivity contribution in [2.45, 2.75) is 32.9 Å². The Hall–Kier alpha value is -1.98. The predicted octanol–water partition coefficient (Wildman–Crippen LogP) is 2.92. The summed E-state index contributed by atoms with van der Waals surface area (Å²) in [5, 5.41) is 10.9. The van der Waals surface area contributed by atoms with Crippen molar-refractivity contribution in [2.75, 3.05) is 5.32 Å². The number of hydrogen-bond donors (Lipinski definition) is 1. The molecule has 2 aromatic rings. The van der Waals surface area contributed by atoms with Crippen LogP contribution in [0.1, 0.15) is 26.5 Å². The van der Waals surface area contributed by atoms with Crippen LogP contribution in [0, 0.1) is 11.6 Å². The molecule has 1 aromatic carbocycles. The van der Waals surface area contributed by atoms with E-state index in [2.05, 4.69) is 15.6 Å². The van der Waals surface area contributed by atoms with E-state index in [1.165, 1.54) is 12.1 Å². The predicted molar refractivity (Wildman–Crippen MR) is 68.7 cm³/mol. The maximum atomic E-state index is 13.4. The summed E-state index contributed by atoms with van der Waals surface area (Å²) >= 11 is 0. The molecule has 4 nitrogen and oxygen atoms in total. The monoisotopic (exact) mass is 266 g/mol. The van der Waals surface area contributed by atoms with Crippen LogP contribution >= 0.6 is 0 Å². The Balaban J connectivity index is 2.04. The summed E-state index contributed by atoms with van der Waals surface area (Å²) in [7, 11) is 0. The third-order valence-electron chi connectivity index (χ3n) is 2.62. The van der Waals surface area contributed by atoms with E-state index in [0.29, 0.717) is 12.2 Å². The number of rotatable bonds is 3. The molecule has 1 aromatic heterocycles. The van der Waals surface area contributed by atoms with Gasteiger partial charge in [-0.15, -0.1) is 5.10 Å². The fourth-order valence-corrected chi connectivity index (χ4v) is 1.53. The molecule has 102 valence electrons. The Bertz CT molecular complexity index is 572. The summed E-state index contributed by atoms with van der Waals surface area (Å²) in [5.74, 6) is -1.22. The van der Waals surface area contributed by atoms with Gasteiger partial charge in [-0.2, -0.15) is 0 Å². The molecule has 0 amide bonds. The Morgan fingerprint density at radius 1 is 1.26 bits per heavy atom. The number of benzene rings is 1. The first-order valence-electron chi connectivity index (χ1n) is 5.97. The number of nitrogens with one attached hydrogen (secondary N) is 1. The summed E-state index contributed by atoms with van der Waals surface area (Å²) in [5.41, 5.74) is 0.789. The van der Waals surface area contributed by atoms with E-state index in [1.807, 2.05) is 20.8 Å². The van der Waals surface area contributed by atoms with Crippen molar-refractivity contribution in [1.29, 1.82) is 0 Å². The molecular formula is C13H16F2N4. The van der Waals surface area contributed by atoms with Crippen LogP contribution in [0.3, 0.4) is 0 Å². The first kappa shape index (κ1) is 13.5. The van der Waals surface area contributed by atoms with Gasteiger partial charge in [0.15, 0.2) is 0 Å². The first-order valence-corrected chi connectivity index (χ1v) is 5.97. The van der Waals surface area contributed by atoms with Gasteiger partial charge in [0.1, 0.15) is 17.3 Å².